The summed E-state index contributed by atoms with van der Waals surface area (Å²) < 4.78 is 8.23. The molecule has 6 heteroatoms. The second kappa shape index (κ2) is 6.58. The number of hydrogen-bond acceptors (Lipinski definition) is 3. The van der Waals surface area contributed by atoms with Crippen molar-refractivity contribution < 1.29 is 9.53 Å². The summed E-state index contributed by atoms with van der Waals surface area (Å²) in [5, 5.41) is 2.75. The van der Waals surface area contributed by atoms with Gasteiger partial charge in [0.15, 0.2) is 0 Å². The lowest BCUT2D eigenvalue weighted by Gasteiger charge is -2.19. The van der Waals surface area contributed by atoms with Crippen molar-refractivity contribution in [2.75, 3.05) is 6.54 Å². The van der Waals surface area contributed by atoms with E-state index in [9.17, 15) is 4.79 Å². The first kappa shape index (κ1) is 16.3. The maximum atomic E-state index is 11.5. The predicted molar refractivity (Wildman–Crippen MR) is 83.3 cm³/mol. The number of alkyl carbamates (subject to hydrolysis) is 1. The van der Waals surface area contributed by atoms with Gasteiger partial charge in [0.05, 0.1) is 0 Å². The Morgan fingerprint density at radius 3 is 2.68 bits per heavy atom. The monoisotopic (exact) mass is 379 g/mol. The Morgan fingerprint density at radius 2 is 2.16 bits per heavy atom. The van der Waals surface area contributed by atoms with Gasteiger partial charge < -0.3 is 14.6 Å². The molecule has 1 N–H and O–H groups in total. The average molecular weight is 379 g/mol. The molecular weight excluding hydrogens is 357 g/mol. The van der Waals surface area contributed by atoms with Crippen LogP contribution in [-0.4, -0.2) is 27.8 Å². The Morgan fingerprint density at radius 1 is 1.53 bits per heavy atom. The third-order valence-electron chi connectivity index (χ3n) is 2.32. The number of carbonyl (C=O) groups excluding carboxylic acids is 1. The molecule has 1 heterocycles. The number of rotatable bonds is 4. The van der Waals surface area contributed by atoms with Crippen LogP contribution in [0.2, 0.25) is 0 Å². The number of nitrogens with one attached hydrogen (secondary N) is 1. The molecule has 0 saturated carbocycles. The predicted octanol–water partition coefficient (Wildman–Crippen LogP) is 3.14. The highest BCUT2D eigenvalue weighted by Crippen LogP contribution is 2.15. The summed E-state index contributed by atoms with van der Waals surface area (Å²) in [6.07, 6.45) is 1.61. The number of nitrogens with zero attached hydrogens (tertiary/aromatic N) is 2. The number of hydrogen-bond donors (Lipinski definition) is 1. The molecule has 1 aromatic rings. The molecule has 5 nitrogen and oxygen atoms in total. The Balaban J connectivity index is 2.47. The summed E-state index contributed by atoms with van der Waals surface area (Å²) in [7, 11) is 0. The van der Waals surface area contributed by atoms with Crippen molar-refractivity contribution in [2.45, 2.75) is 52.7 Å². The summed E-state index contributed by atoms with van der Waals surface area (Å²) in [5.74, 6) is 1.40. The quantitative estimate of drug-likeness (QED) is 0.818. The second-order valence-electron chi connectivity index (χ2n) is 5.70. The van der Waals surface area contributed by atoms with Gasteiger partial charge in [-0.15, -0.1) is 0 Å². The van der Waals surface area contributed by atoms with E-state index in [4.69, 9.17) is 4.74 Å². The lowest BCUT2D eigenvalue weighted by Crippen LogP contribution is -2.34. The minimum Gasteiger partial charge on any atom is -0.444 e. The van der Waals surface area contributed by atoms with E-state index in [-0.39, 0.29) is 6.09 Å². The van der Waals surface area contributed by atoms with Crippen LogP contribution in [0.15, 0.2) is 6.20 Å². The van der Waals surface area contributed by atoms with Crippen LogP contribution in [0.1, 0.15) is 46.4 Å². The summed E-state index contributed by atoms with van der Waals surface area (Å²) in [6, 6.07) is 0. The van der Waals surface area contributed by atoms with Crippen molar-refractivity contribution in [3.8, 4) is 0 Å². The zero-order valence-corrected chi connectivity index (χ0v) is 14.3. The highest BCUT2D eigenvalue weighted by atomic mass is 127. The van der Waals surface area contributed by atoms with Gasteiger partial charge in [-0.05, 0) is 43.4 Å². The standard InChI is InChI=1S/C13H22IN3O2/c1-9(2)11-16-10(14)8-17(11)7-6-15-12(18)19-13(3,4)5/h8-9H,6-7H2,1-5H3,(H,15,18). The van der Waals surface area contributed by atoms with Crippen molar-refractivity contribution in [1.82, 2.24) is 14.9 Å². The van der Waals surface area contributed by atoms with Crippen LogP contribution in [0.3, 0.4) is 0 Å². The van der Waals surface area contributed by atoms with Crippen molar-refractivity contribution >= 4 is 28.7 Å². The number of ether oxygens (including phenoxy) is 1. The lowest BCUT2D eigenvalue weighted by atomic mass is 10.2. The molecular formula is C13H22IN3O2. The first-order valence-corrected chi connectivity index (χ1v) is 7.46. The Bertz CT molecular complexity index is 436. The molecule has 0 spiro atoms. The maximum absolute atomic E-state index is 11.5. The molecule has 0 unspecified atom stereocenters. The molecule has 0 radical (unpaired) electrons. The van der Waals surface area contributed by atoms with Gasteiger partial charge in [-0.2, -0.15) is 0 Å². The van der Waals surface area contributed by atoms with Gasteiger partial charge in [-0.25, -0.2) is 9.78 Å². The highest BCUT2D eigenvalue weighted by molar-refractivity contribution is 14.1. The molecule has 0 aliphatic heterocycles. The van der Waals surface area contributed by atoms with Crippen LogP contribution in [0.4, 0.5) is 4.79 Å². The number of carbonyl (C=O) groups is 1. The number of aromatic nitrogens is 2. The summed E-state index contributed by atoms with van der Waals surface area (Å²) in [6.45, 7) is 11.0. The molecule has 0 aromatic carbocycles. The fourth-order valence-electron chi connectivity index (χ4n) is 1.63. The van der Waals surface area contributed by atoms with Crippen LogP contribution < -0.4 is 5.32 Å². The van der Waals surface area contributed by atoms with Crippen LogP contribution in [0, 0.1) is 3.70 Å². The van der Waals surface area contributed by atoms with Gasteiger partial charge in [0.2, 0.25) is 0 Å². The van der Waals surface area contributed by atoms with Gasteiger partial charge in [0.1, 0.15) is 15.1 Å². The summed E-state index contributed by atoms with van der Waals surface area (Å²) in [5.41, 5.74) is -0.461. The molecule has 0 aliphatic carbocycles. The molecule has 1 aromatic heterocycles. The highest BCUT2D eigenvalue weighted by Gasteiger charge is 2.16. The number of halogens is 1. The van der Waals surface area contributed by atoms with Gasteiger partial charge in [-0.3, -0.25) is 0 Å². The topological polar surface area (TPSA) is 56.2 Å². The SMILES string of the molecule is CC(C)c1nc(I)cn1CCNC(=O)OC(C)(C)C. The minimum absolute atomic E-state index is 0.366. The van der Waals surface area contributed by atoms with Crippen molar-refractivity contribution in [3.05, 3.63) is 15.7 Å². The molecule has 108 valence electrons. The van der Waals surface area contributed by atoms with E-state index in [1.54, 1.807) is 0 Å². The van der Waals surface area contributed by atoms with Gasteiger partial charge in [-0.1, -0.05) is 13.8 Å². The third-order valence-corrected chi connectivity index (χ3v) is 2.84. The second-order valence-corrected chi connectivity index (χ2v) is 6.80. The van der Waals surface area contributed by atoms with Crippen molar-refractivity contribution in [1.29, 1.82) is 0 Å². The lowest BCUT2D eigenvalue weighted by molar-refractivity contribution is 0.0526. The van der Waals surface area contributed by atoms with Gasteiger partial charge >= 0.3 is 6.09 Å². The first-order chi connectivity index (χ1) is 8.69. The minimum atomic E-state index is -0.461. The Labute approximate surface area is 128 Å². The fraction of sp³-hybridized carbons (Fsp3) is 0.692. The molecule has 0 fully saturated rings. The summed E-state index contributed by atoms with van der Waals surface area (Å²) in [4.78, 5) is 16.0. The van der Waals surface area contributed by atoms with E-state index < -0.39 is 5.60 Å². The largest absolute Gasteiger partial charge is 0.444 e. The zero-order valence-electron chi connectivity index (χ0n) is 12.2. The molecule has 0 bridgehead atoms. The number of imidazole rings is 1. The van der Waals surface area contributed by atoms with Crippen LogP contribution in [-0.2, 0) is 11.3 Å². The molecule has 0 atom stereocenters. The smallest absolute Gasteiger partial charge is 0.407 e. The van der Waals surface area contributed by atoms with E-state index in [0.29, 0.717) is 19.0 Å². The number of amides is 1. The van der Waals surface area contributed by atoms with Gasteiger partial charge in [0.25, 0.3) is 0 Å². The van der Waals surface area contributed by atoms with E-state index in [2.05, 4.69) is 51.3 Å². The molecule has 1 amide bonds. The van der Waals surface area contributed by atoms with E-state index >= 15 is 0 Å². The third kappa shape index (κ3) is 5.80. The Hall–Kier alpha value is -0.790. The molecule has 1 rings (SSSR count). The summed E-state index contributed by atoms with van der Waals surface area (Å²) >= 11 is 2.20. The van der Waals surface area contributed by atoms with E-state index in [1.807, 2.05) is 27.0 Å². The fourth-order valence-corrected chi connectivity index (χ4v) is 2.21. The molecule has 19 heavy (non-hydrogen) atoms. The van der Waals surface area contributed by atoms with Crippen LogP contribution >= 0.6 is 22.6 Å². The molecule has 0 aliphatic rings. The first-order valence-electron chi connectivity index (χ1n) is 6.38. The molecule has 0 saturated heterocycles. The van der Waals surface area contributed by atoms with Crippen molar-refractivity contribution in [2.24, 2.45) is 0 Å². The Kier molecular flexibility index (Phi) is 5.64. The van der Waals surface area contributed by atoms with Crippen LogP contribution in [0.25, 0.3) is 0 Å². The van der Waals surface area contributed by atoms with Crippen LogP contribution in [0.5, 0.6) is 0 Å². The van der Waals surface area contributed by atoms with E-state index in [0.717, 1.165) is 9.53 Å². The maximum Gasteiger partial charge on any atom is 0.407 e. The van der Waals surface area contributed by atoms with Gasteiger partial charge in [0, 0.05) is 25.2 Å². The normalized spacial score (nSPS) is 11.7. The van der Waals surface area contributed by atoms with Crippen molar-refractivity contribution in [3.63, 3.8) is 0 Å². The average Bonchev–Trinajstić information content (AvgIpc) is 2.57. The zero-order chi connectivity index (χ0) is 14.6. The van der Waals surface area contributed by atoms with E-state index in [1.165, 1.54) is 0 Å².